The first-order valence-electron chi connectivity index (χ1n) is 10.4. The fourth-order valence-electron chi connectivity index (χ4n) is 8.03. The molecule has 148 valence electrons. The largest absolute Gasteiger partial charge is 0.396 e. The topological polar surface area (TPSA) is 98.0 Å². The lowest BCUT2D eigenvalue weighted by molar-refractivity contribution is -0.267. The molecule has 0 aromatic rings. The molecule has 4 saturated carbocycles. The zero-order valence-corrected chi connectivity index (χ0v) is 16.2. The van der Waals surface area contributed by atoms with Crippen molar-refractivity contribution in [3.8, 4) is 0 Å². The van der Waals surface area contributed by atoms with Gasteiger partial charge in [0.2, 0.25) is 0 Å². The molecule has 0 amide bonds. The van der Waals surface area contributed by atoms with Crippen LogP contribution in [0.4, 0.5) is 0 Å². The summed E-state index contributed by atoms with van der Waals surface area (Å²) in [6.07, 6.45) is 1.42. The van der Waals surface area contributed by atoms with Crippen molar-refractivity contribution < 1.29 is 25.2 Å². The third-order valence-corrected chi connectivity index (χ3v) is 9.19. The van der Waals surface area contributed by atoms with Crippen LogP contribution < -0.4 is 0 Å². The molecule has 4 rings (SSSR count). The molecule has 5 nitrogen and oxygen atoms in total. The number of aliphatic hydroxyl groups excluding tert-OH is 4. The minimum absolute atomic E-state index is 0.0191. The number of hydrogen-bond acceptors (Lipinski definition) is 5. The molecule has 9 unspecified atom stereocenters. The molecule has 0 radical (unpaired) electrons. The van der Waals surface area contributed by atoms with Gasteiger partial charge in [-0.05, 0) is 61.7 Å². The van der Waals surface area contributed by atoms with Crippen LogP contribution in [0.1, 0.15) is 59.3 Å². The van der Waals surface area contributed by atoms with E-state index in [-0.39, 0.29) is 41.5 Å². The number of Topliss-reactive ketones (excluding diaryl/α,β-unsaturated/α-hetero) is 1. The highest BCUT2D eigenvalue weighted by Gasteiger charge is 2.76. The van der Waals surface area contributed by atoms with Crippen LogP contribution in [0.25, 0.3) is 0 Å². The molecule has 0 aromatic heterocycles. The molecule has 0 aliphatic heterocycles. The van der Waals surface area contributed by atoms with Gasteiger partial charge in [-0.1, -0.05) is 20.8 Å². The van der Waals surface area contributed by atoms with Crippen LogP contribution in [0.15, 0.2) is 0 Å². The lowest BCUT2D eigenvalue weighted by Crippen LogP contribution is -2.71. The monoisotopic (exact) mass is 366 g/mol. The maximum Gasteiger partial charge on any atom is 0.147 e. The molecule has 5 heteroatoms. The van der Waals surface area contributed by atoms with Gasteiger partial charge in [-0.2, -0.15) is 0 Å². The molecule has 0 saturated heterocycles. The first-order chi connectivity index (χ1) is 12.2. The quantitative estimate of drug-likeness (QED) is 0.594. The van der Waals surface area contributed by atoms with Crippen molar-refractivity contribution >= 4 is 5.78 Å². The average molecular weight is 366 g/mol. The predicted octanol–water partition coefficient (Wildman–Crippen LogP) is 1.51. The van der Waals surface area contributed by atoms with Crippen molar-refractivity contribution in [2.24, 2.45) is 39.9 Å². The van der Waals surface area contributed by atoms with Gasteiger partial charge < -0.3 is 20.4 Å². The van der Waals surface area contributed by atoms with E-state index in [1.165, 1.54) is 0 Å². The van der Waals surface area contributed by atoms with Crippen LogP contribution in [-0.2, 0) is 4.79 Å². The molecule has 2 bridgehead atoms. The third-order valence-electron chi connectivity index (χ3n) is 9.19. The van der Waals surface area contributed by atoms with Crippen LogP contribution in [0.5, 0.6) is 0 Å². The number of carbonyl (C=O) groups excluding carboxylic acids is 1. The molecule has 4 fully saturated rings. The van der Waals surface area contributed by atoms with Crippen molar-refractivity contribution in [1.82, 2.24) is 0 Å². The Bertz CT molecular complexity index is 603. The van der Waals surface area contributed by atoms with E-state index in [0.29, 0.717) is 25.7 Å². The van der Waals surface area contributed by atoms with E-state index in [9.17, 15) is 25.2 Å². The Hall–Kier alpha value is -0.490. The van der Waals surface area contributed by atoms with Gasteiger partial charge in [-0.3, -0.25) is 4.79 Å². The molecule has 1 spiro atoms. The Morgan fingerprint density at radius 2 is 1.73 bits per heavy atom. The second-order valence-electron chi connectivity index (χ2n) is 10.2. The zero-order valence-electron chi connectivity index (χ0n) is 16.2. The molecule has 0 heterocycles. The van der Waals surface area contributed by atoms with E-state index >= 15 is 0 Å². The Morgan fingerprint density at radius 3 is 2.35 bits per heavy atom. The van der Waals surface area contributed by atoms with E-state index in [1.54, 1.807) is 0 Å². The van der Waals surface area contributed by atoms with Gasteiger partial charge in [0.15, 0.2) is 0 Å². The van der Waals surface area contributed by atoms with E-state index in [4.69, 9.17) is 0 Å². The number of fused-ring (bicyclic) bond motifs is 3. The van der Waals surface area contributed by atoms with Gasteiger partial charge in [0.05, 0.1) is 30.3 Å². The second-order valence-corrected chi connectivity index (χ2v) is 10.2. The Labute approximate surface area is 155 Å². The highest BCUT2D eigenvalue weighted by Crippen LogP contribution is 2.71. The summed E-state index contributed by atoms with van der Waals surface area (Å²) in [6, 6.07) is 0. The van der Waals surface area contributed by atoms with E-state index < -0.39 is 29.1 Å². The fraction of sp³-hybridized carbons (Fsp3) is 0.952. The fourth-order valence-corrected chi connectivity index (χ4v) is 8.03. The number of hydrogen-bond donors (Lipinski definition) is 4. The zero-order chi connectivity index (χ0) is 19.1. The van der Waals surface area contributed by atoms with Gasteiger partial charge >= 0.3 is 0 Å². The molecule has 4 N–H and O–H groups in total. The summed E-state index contributed by atoms with van der Waals surface area (Å²) in [4.78, 5) is 13.5. The Kier molecular flexibility index (Phi) is 4.17. The van der Waals surface area contributed by atoms with Crippen LogP contribution >= 0.6 is 0 Å². The number of aliphatic hydroxyl groups is 4. The minimum Gasteiger partial charge on any atom is -0.396 e. The van der Waals surface area contributed by atoms with Crippen molar-refractivity contribution in [3.05, 3.63) is 0 Å². The normalized spacial score (nSPS) is 55.3. The maximum atomic E-state index is 13.5. The number of carbonyl (C=O) groups is 1. The summed E-state index contributed by atoms with van der Waals surface area (Å²) in [5.41, 5.74) is -2.15. The van der Waals surface area contributed by atoms with Crippen LogP contribution in [0.2, 0.25) is 0 Å². The summed E-state index contributed by atoms with van der Waals surface area (Å²) in [5.74, 6) is -0.760. The molecule has 26 heavy (non-hydrogen) atoms. The third kappa shape index (κ3) is 1.88. The summed E-state index contributed by atoms with van der Waals surface area (Å²) in [5, 5.41) is 44.2. The van der Waals surface area contributed by atoms with Gasteiger partial charge in [0.25, 0.3) is 0 Å². The van der Waals surface area contributed by atoms with Crippen molar-refractivity contribution in [3.63, 3.8) is 0 Å². The van der Waals surface area contributed by atoms with Crippen LogP contribution in [0.3, 0.4) is 0 Å². The highest BCUT2D eigenvalue weighted by atomic mass is 16.3. The van der Waals surface area contributed by atoms with E-state index in [1.807, 2.05) is 6.92 Å². The summed E-state index contributed by atoms with van der Waals surface area (Å²) in [7, 11) is 0. The van der Waals surface area contributed by atoms with Crippen molar-refractivity contribution in [2.45, 2.75) is 77.6 Å². The van der Waals surface area contributed by atoms with Gasteiger partial charge in [0, 0.05) is 11.3 Å². The first kappa shape index (κ1) is 18.9. The minimum atomic E-state index is -1.21. The molecule has 4 aliphatic rings. The lowest BCUT2D eigenvalue weighted by atomic mass is 9.38. The Balaban J connectivity index is 1.91. The van der Waals surface area contributed by atoms with Crippen LogP contribution in [0, 0.1) is 39.9 Å². The highest BCUT2D eigenvalue weighted by molar-refractivity contribution is 5.92. The van der Waals surface area contributed by atoms with Crippen molar-refractivity contribution in [2.75, 3.05) is 6.61 Å². The van der Waals surface area contributed by atoms with E-state index in [0.717, 1.165) is 12.8 Å². The maximum absolute atomic E-state index is 13.5. The van der Waals surface area contributed by atoms with E-state index in [2.05, 4.69) is 13.8 Å². The molecule has 0 aromatic carbocycles. The van der Waals surface area contributed by atoms with Crippen molar-refractivity contribution in [1.29, 1.82) is 0 Å². The van der Waals surface area contributed by atoms with Gasteiger partial charge in [0.1, 0.15) is 5.78 Å². The molecule has 9 atom stereocenters. The van der Waals surface area contributed by atoms with Gasteiger partial charge in [-0.15, -0.1) is 0 Å². The molecule has 4 aliphatic carbocycles. The van der Waals surface area contributed by atoms with Crippen LogP contribution in [-0.4, -0.2) is 51.1 Å². The van der Waals surface area contributed by atoms with Gasteiger partial charge in [-0.25, -0.2) is 0 Å². The number of rotatable bonds is 2. The standard InChI is InChI=1S/C21H34O5/c1-4-11-12-5-6-13-20(10-22)14(19(2,3)8-7-15(20)23)9-16(24)21(13,17(11)25)18(12)26/h11-16,18,22-24,26H,4-10H2,1-3H3. The lowest BCUT2D eigenvalue weighted by Gasteiger charge is -2.67. The summed E-state index contributed by atoms with van der Waals surface area (Å²) < 4.78 is 0. The Morgan fingerprint density at radius 1 is 1.04 bits per heavy atom. The SMILES string of the molecule is CCC1C(=O)C23C(O)CC4C(C)(C)CCC(O)C4(CO)C2CCC1C3O. The summed E-state index contributed by atoms with van der Waals surface area (Å²) in [6.45, 7) is 6.07. The average Bonchev–Trinajstić information content (AvgIpc) is 2.72. The number of ketones is 1. The smallest absolute Gasteiger partial charge is 0.147 e. The second kappa shape index (κ2) is 5.76. The first-order valence-corrected chi connectivity index (χ1v) is 10.4. The predicted molar refractivity (Wildman–Crippen MR) is 96.1 cm³/mol. The molecular formula is C21H34O5. The summed E-state index contributed by atoms with van der Waals surface area (Å²) >= 11 is 0. The molecular weight excluding hydrogens is 332 g/mol.